The number of carboxylic acids is 1. The zero-order valence-electron chi connectivity index (χ0n) is 12.9. The number of aliphatic hydroxyl groups is 1. The minimum absolute atomic E-state index is 0.00225. The number of nitrogens with zero attached hydrogens (tertiary/aromatic N) is 1. The molecular formula is C14H20N2O7. The fraction of sp³-hybridized carbons (Fsp3) is 0.643. The van der Waals surface area contributed by atoms with Crippen LogP contribution in [0.4, 0.5) is 4.79 Å². The summed E-state index contributed by atoms with van der Waals surface area (Å²) in [6.45, 7) is 3.11. The molecule has 0 saturated carbocycles. The number of carboxylic acid groups (broad SMARTS) is 1. The highest BCUT2D eigenvalue weighted by Crippen LogP contribution is 2.43. The average Bonchev–Trinajstić information content (AvgIpc) is 2.76. The first-order valence-electron chi connectivity index (χ1n) is 7.24. The highest BCUT2D eigenvalue weighted by Gasteiger charge is 2.56. The molecule has 0 aliphatic carbocycles. The Bertz CT molecular complexity index is 557. The van der Waals surface area contributed by atoms with Crippen LogP contribution in [0.2, 0.25) is 0 Å². The Balaban J connectivity index is 2.02. The van der Waals surface area contributed by atoms with Crippen molar-refractivity contribution in [3.8, 4) is 0 Å². The van der Waals surface area contributed by atoms with Gasteiger partial charge in [-0.25, -0.2) is 9.59 Å². The van der Waals surface area contributed by atoms with Gasteiger partial charge in [0.1, 0.15) is 12.3 Å². The van der Waals surface area contributed by atoms with Crippen LogP contribution >= 0.6 is 0 Å². The molecule has 4 atom stereocenters. The summed E-state index contributed by atoms with van der Waals surface area (Å²) in [7, 11) is 0. The standard InChI is InChI=1S/C14H20N2O7/c1-6(4-23-14(15)21)22-5-8-3-9-10(7(2)17)12(18)16(9)11(8)13(19)20/h6-7,9-10,17H,3-5H2,1-2H3,(H2,15,21)(H,19,20). The number of fused-ring (bicyclic) bond motifs is 1. The van der Waals surface area contributed by atoms with Crippen molar-refractivity contribution in [3.05, 3.63) is 11.3 Å². The van der Waals surface area contributed by atoms with Gasteiger partial charge in [0.2, 0.25) is 5.91 Å². The molecule has 1 saturated heterocycles. The summed E-state index contributed by atoms with van der Waals surface area (Å²) in [6.07, 6.45) is -1.88. The van der Waals surface area contributed by atoms with E-state index < -0.39 is 30.2 Å². The van der Waals surface area contributed by atoms with Crippen molar-refractivity contribution in [1.82, 2.24) is 4.90 Å². The van der Waals surface area contributed by atoms with Gasteiger partial charge in [0.15, 0.2) is 0 Å². The lowest BCUT2D eigenvalue weighted by Crippen LogP contribution is -2.61. The number of carbonyl (C=O) groups excluding carboxylic acids is 2. The Hall–Kier alpha value is -2.13. The van der Waals surface area contributed by atoms with Gasteiger partial charge in [-0.3, -0.25) is 4.79 Å². The van der Waals surface area contributed by atoms with Crippen LogP contribution in [0.5, 0.6) is 0 Å². The molecule has 2 aliphatic heterocycles. The summed E-state index contributed by atoms with van der Waals surface area (Å²) in [6, 6.07) is -0.343. The van der Waals surface area contributed by atoms with Crippen LogP contribution in [-0.2, 0) is 19.1 Å². The highest BCUT2D eigenvalue weighted by atomic mass is 16.6. The van der Waals surface area contributed by atoms with Gasteiger partial charge in [0.05, 0.1) is 30.8 Å². The third kappa shape index (κ3) is 3.30. The molecule has 2 amide bonds. The van der Waals surface area contributed by atoms with E-state index in [0.29, 0.717) is 12.0 Å². The van der Waals surface area contributed by atoms with E-state index in [4.69, 9.17) is 10.5 Å². The third-order valence-electron chi connectivity index (χ3n) is 4.02. The van der Waals surface area contributed by atoms with Gasteiger partial charge >= 0.3 is 12.1 Å². The number of rotatable bonds is 7. The molecule has 4 unspecified atom stereocenters. The van der Waals surface area contributed by atoms with Crippen molar-refractivity contribution >= 4 is 18.0 Å². The minimum atomic E-state index is -1.20. The molecule has 4 N–H and O–H groups in total. The van der Waals surface area contributed by atoms with Gasteiger partial charge in [0, 0.05) is 0 Å². The van der Waals surface area contributed by atoms with Crippen LogP contribution in [0.15, 0.2) is 11.3 Å². The highest BCUT2D eigenvalue weighted by molar-refractivity contribution is 5.99. The first-order valence-corrected chi connectivity index (χ1v) is 7.24. The molecule has 0 radical (unpaired) electrons. The van der Waals surface area contributed by atoms with Crippen LogP contribution < -0.4 is 5.73 Å². The fourth-order valence-electron chi connectivity index (χ4n) is 2.98. The molecule has 2 aliphatic rings. The number of aliphatic hydroxyl groups excluding tert-OH is 1. The van der Waals surface area contributed by atoms with Crippen LogP contribution in [-0.4, -0.2) is 64.5 Å². The zero-order valence-corrected chi connectivity index (χ0v) is 12.9. The molecule has 23 heavy (non-hydrogen) atoms. The van der Waals surface area contributed by atoms with E-state index in [1.165, 1.54) is 11.8 Å². The number of ether oxygens (including phenoxy) is 2. The second-order valence-corrected chi connectivity index (χ2v) is 5.76. The summed E-state index contributed by atoms with van der Waals surface area (Å²) in [5.74, 6) is -2.18. The average molecular weight is 328 g/mol. The quantitative estimate of drug-likeness (QED) is 0.532. The topological polar surface area (TPSA) is 139 Å². The lowest BCUT2D eigenvalue weighted by atomic mass is 9.83. The normalized spacial score (nSPS) is 25.7. The molecule has 0 aromatic rings. The molecular weight excluding hydrogens is 308 g/mol. The lowest BCUT2D eigenvalue weighted by Gasteiger charge is -2.44. The predicted octanol–water partition coefficient (Wildman–Crippen LogP) is -0.563. The lowest BCUT2D eigenvalue weighted by molar-refractivity contribution is -0.161. The number of hydrogen-bond donors (Lipinski definition) is 3. The van der Waals surface area contributed by atoms with Crippen molar-refractivity contribution in [2.24, 2.45) is 11.7 Å². The number of primary amides is 1. The zero-order chi connectivity index (χ0) is 17.3. The van der Waals surface area contributed by atoms with Gasteiger partial charge in [-0.2, -0.15) is 0 Å². The van der Waals surface area contributed by atoms with E-state index in [0.717, 1.165) is 0 Å². The third-order valence-corrected chi connectivity index (χ3v) is 4.02. The summed E-state index contributed by atoms with van der Waals surface area (Å²) >= 11 is 0. The molecule has 0 bridgehead atoms. The molecule has 2 heterocycles. The minimum Gasteiger partial charge on any atom is -0.477 e. The van der Waals surface area contributed by atoms with E-state index in [-0.39, 0.29) is 30.9 Å². The largest absolute Gasteiger partial charge is 0.477 e. The molecule has 0 aromatic heterocycles. The van der Waals surface area contributed by atoms with Crippen molar-refractivity contribution in [2.45, 2.75) is 38.5 Å². The van der Waals surface area contributed by atoms with E-state index in [1.54, 1.807) is 6.92 Å². The maximum absolute atomic E-state index is 12.0. The number of amides is 2. The van der Waals surface area contributed by atoms with E-state index in [1.807, 2.05) is 0 Å². The van der Waals surface area contributed by atoms with Gasteiger partial charge in [-0.1, -0.05) is 0 Å². The molecule has 0 aromatic carbocycles. The molecule has 9 nitrogen and oxygen atoms in total. The van der Waals surface area contributed by atoms with Gasteiger partial charge < -0.3 is 30.3 Å². The Labute approximate surface area is 132 Å². The SMILES string of the molecule is CC(COC(N)=O)OCC1=C(C(=O)O)N2C(=O)C(C(C)O)C2C1. The Kier molecular flexibility index (Phi) is 4.90. The van der Waals surface area contributed by atoms with Crippen LogP contribution in [0.1, 0.15) is 20.3 Å². The first-order chi connectivity index (χ1) is 10.7. The van der Waals surface area contributed by atoms with E-state index in [9.17, 15) is 24.6 Å². The number of nitrogens with two attached hydrogens (primary N) is 1. The number of β-lactam (4-membered cyclic amide) rings is 1. The number of aliphatic carboxylic acids is 1. The van der Waals surface area contributed by atoms with Gasteiger partial charge in [-0.05, 0) is 25.8 Å². The monoisotopic (exact) mass is 328 g/mol. The summed E-state index contributed by atoms with van der Waals surface area (Å²) in [4.78, 5) is 35.2. The Morgan fingerprint density at radius 2 is 2.09 bits per heavy atom. The molecule has 1 fully saturated rings. The van der Waals surface area contributed by atoms with E-state index in [2.05, 4.69) is 4.74 Å². The first kappa shape index (κ1) is 17.2. The second-order valence-electron chi connectivity index (χ2n) is 5.76. The van der Waals surface area contributed by atoms with E-state index >= 15 is 0 Å². The smallest absolute Gasteiger partial charge is 0.404 e. The molecule has 128 valence electrons. The Morgan fingerprint density at radius 1 is 1.43 bits per heavy atom. The van der Waals surface area contributed by atoms with Crippen molar-refractivity contribution in [3.63, 3.8) is 0 Å². The number of carbonyl (C=O) groups is 3. The van der Waals surface area contributed by atoms with Crippen molar-refractivity contribution < 1.29 is 34.1 Å². The fourth-order valence-corrected chi connectivity index (χ4v) is 2.98. The summed E-state index contributed by atoms with van der Waals surface area (Å²) in [5.41, 5.74) is 5.25. The molecule has 0 spiro atoms. The predicted molar refractivity (Wildman–Crippen MR) is 76.0 cm³/mol. The van der Waals surface area contributed by atoms with Crippen molar-refractivity contribution in [2.75, 3.05) is 13.2 Å². The van der Waals surface area contributed by atoms with Gasteiger partial charge in [-0.15, -0.1) is 0 Å². The van der Waals surface area contributed by atoms with Crippen LogP contribution in [0.3, 0.4) is 0 Å². The second kappa shape index (κ2) is 6.55. The summed E-state index contributed by atoms with van der Waals surface area (Å²) < 4.78 is 10.1. The van der Waals surface area contributed by atoms with Gasteiger partial charge in [0.25, 0.3) is 0 Å². The molecule has 2 rings (SSSR count). The number of hydrogen-bond acceptors (Lipinski definition) is 6. The summed E-state index contributed by atoms with van der Waals surface area (Å²) in [5, 5.41) is 19.0. The maximum atomic E-state index is 12.0. The van der Waals surface area contributed by atoms with Crippen molar-refractivity contribution in [1.29, 1.82) is 0 Å². The Morgan fingerprint density at radius 3 is 2.61 bits per heavy atom. The molecule has 9 heteroatoms. The maximum Gasteiger partial charge on any atom is 0.404 e. The van der Waals surface area contributed by atoms with Crippen LogP contribution in [0, 0.1) is 5.92 Å². The van der Waals surface area contributed by atoms with Crippen LogP contribution in [0.25, 0.3) is 0 Å².